The minimum absolute atomic E-state index is 0.111. The molecular weight excluding hydrogens is 498 g/mol. The lowest BCUT2D eigenvalue weighted by atomic mass is 10.1. The first-order valence-electron chi connectivity index (χ1n) is 10.8. The summed E-state index contributed by atoms with van der Waals surface area (Å²) in [5.74, 6) is -3.24. The highest BCUT2D eigenvalue weighted by Gasteiger charge is 2.43. The molecule has 4 N–H and O–H groups in total. The van der Waals surface area contributed by atoms with Gasteiger partial charge in [-0.2, -0.15) is 0 Å². The summed E-state index contributed by atoms with van der Waals surface area (Å²) in [4.78, 5) is 24.9. The van der Waals surface area contributed by atoms with Gasteiger partial charge in [0.15, 0.2) is 15.4 Å². The summed E-state index contributed by atoms with van der Waals surface area (Å²) in [5.41, 5.74) is -1.47. The Kier molecular flexibility index (Phi) is 8.06. The number of unbranched alkanes of at least 4 members (excludes halogenated alkanes) is 1. The predicted molar refractivity (Wildman–Crippen MR) is 129 cm³/mol. The van der Waals surface area contributed by atoms with Crippen LogP contribution in [-0.4, -0.2) is 50.2 Å². The third-order valence-electron chi connectivity index (χ3n) is 5.51. The Labute approximate surface area is 206 Å². The van der Waals surface area contributed by atoms with Gasteiger partial charge in [-0.1, -0.05) is 61.3 Å². The van der Waals surface area contributed by atoms with Gasteiger partial charge in [0.2, 0.25) is 5.88 Å². The fourth-order valence-corrected chi connectivity index (χ4v) is 5.78. The van der Waals surface area contributed by atoms with Crippen LogP contribution in [0.4, 0.5) is 0 Å². The van der Waals surface area contributed by atoms with Crippen LogP contribution in [0.2, 0.25) is 5.02 Å². The molecule has 188 valence electrons. The topological polar surface area (TPSA) is 151 Å². The van der Waals surface area contributed by atoms with Crippen molar-refractivity contribution in [3.8, 4) is 17.0 Å². The maximum atomic E-state index is 13.5. The molecule has 1 aromatic heterocycles. The number of hydrogen-bond acceptors (Lipinski definition) is 7. The van der Waals surface area contributed by atoms with Crippen molar-refractivity contribution in [3.63, 3.8) is 0 Å². The molecule has 3 rings (SSSR count). The van der Waals surface area contributed by atoms with E-state index < -0.39 is 45.2 Å². The van der Waals surface area contributed by atoms with Crippen molar-refractivity contribution in [1.82, 2.24) is 14.6 Å². The molecule has 0 saturated heterocycles. The van der Waals surface area contributed by atoms with Crippen LogP contribution >= 0.6 is 11.6 Å². The lowest BCUT2D eigenvalue weighted by Crippen LogP contribution is -2.54. The minimum atomic E-state index is -4.44. The number of rotatable bonds is 10. The Morgan fingerprint density at radius 1 is 1.17 bits per heavy atom. The molecule has 12 heteroatoms. The average molecular weight is 524 g/mol. The predicted octanol–water partition coefficient (Wildman–Crippen LogP) is 2.19. The van der Waals surface area contributed by atoms with Gasteiger partial charge in [-0.05, 0) is 24.1 Å². The zero-order chi connectivity index (χ0) is 25.8. The van der Waals surface area contributed by atoms with Gasteiger partial charge in [-0.3, -0.25) is 19.1 Å². The van der Waals surface area contributed by atoms with Crippen molar-refractivity contribution in [2.24, 2.45) is 0 Å². The van der Waals surface area contributed by atoms with Crippen LogP contribution in [-0.2, 0) is 27.7 Å². The van der Waals surface area contributed by atoms with Crippen molar-refractivity contribution >= 4 is 27.3 Å². The number of aromatic nitrogens is 2. The van der Waals surface area contributed by atoms with Crippen LogP contribution in [0.1, 0.15) is 19.8 Å². The second kappa shape index (κ2) is 10.6. The van der Waals surface area contributed by atoms with Gasteiger partial charge in [0.05, 0.1) is 23.4 Å². The van der Waals surface area contributed by atoms with Gasteiger partial charge in [-0.25, -0.2) is 18.7 Å². The quantitative estimate of drug-likeness (QED) is 0.235. The molecule has 35 heavy (non-hydrogen) atoms. The molecule has 0 bridgehead atoms. The lowest BCUT2D eigenvalue weighted by Gasteiger charge is -2.26. The van der Waals surface area contributed by atoms with Gasteiger partial charge < -0.3 is 10.2 Å². The summed E-state index contributed by atoms with van der Waals surface area (Å²) in [6.45, 7) is 1.27. The fraction of sp³-hybridized carbons (Fsp3) is 0.304. The van der Waals surface area contributed by atoms with Crippen molar-refractivity contribution in [2.75, 3.05) is 5.75 Å². The van der Waals surface area contributed by atoms with Gasteiger partial charge >= 0.3 is 5.69 Å². The number of benzene rings is 2. The first-order valence-corrected chi connectivity index (χ1v) is 12.8. The molecule has 3 aromatic rings. The second-order valence-corrected chi connectivity index (χ2v) is 10.5. The van der Waals surface area contributed by atoms with E-state index in [-0.39, 0.29) is 22.0 Å². The van der Waals surface area contributed by atoms with Crippen molar-refractivity contribution < 1.29 is 28.6 Å². The molecule has 0 radical (unpaired) electrons. The van der Waals surface area contributed by atoms with E-state index in [1.807, 2.05) is 6.92 Å². The molecule has 0 saturated carbocycles. The molecule has 0 fully saturated rings. The molecule has 0 spiro atoms. The minimum Gasteiger partial charge on any atom is -0.493 e. The highest BCUT2D eigenvalue weighted by Crippen LogP contribution is 2.32. The molecule has 10 nitrogen and oxygen atoms in total. The molecule has 1 heterocycles. The number of sulfone groups is 1. The van der Waals surface area contributed by atoms with Gasteiger partial charge in [-0.15, -0.1) is 0 Å². The SMILES string of the molecule is CCCCn1cc(O)n(CC(O)(CS(=O)(=O)c2cc(Cl)ccc2-c2ccccc2)C(=O)NO)c1=O. The highest BCUT2D eigenvalue weighted by molar-refractivity contribution is 7.91. The van der Waals surface area contributed by atoms with Crippen LogP contribution in [0.3, 0.4) is 0 Å². The monoisotopic (exact) mass is 523 g/mol. The largest absolute Gasteiger partial charge is 0.493 e. The van der Waals surface area contributed by atoms with Crippen molar-refractivity contribution in [3.05, 3.63) is 70.2 Å². The van der Waals surface area contributed by atoms with E-state index in [0.717, 1.165) is 12.6 Å². The number of aliphatic hydroxyl groups is 1. The van der Waals surface area contributed by atoms with E-state index in [0.29, 0.717) is 16.6 Å². The molecular formula is C23H26ClN3O7S. The van der Waals surface area contributed by atoms with Crippen LogP contribution < -0.4 is 11.2 Å². The molecule has 1 unspecified atom stereocenters. The first-order chi connectivity index (χ1) is 16.5. The smallest absolute Gasteiger partial charge is 0.331 e. The first kappa shape index (κ1) is 26.5. The summed E-state index contributed by atoms with van der Waals surface area (Å²) in [6, 6.07) is 12.8. The normalized spacial score (nSPS) is 13.4. The standard InChI is InChI=1S/C23H26ClN3O7S/c1-2-3-11-26-13-20(28)27(22(26)30)14-23(31,21(29)25-32)15-35(33,34)19-12-17(24)9-10-18(19)16-7-5-4-6-8-16/h4-10,12-13,28,31-32H,2-3,11,14-15H2,1H3,(H,25,29). The molecule has 0 aliphatic carbocycles. The number of amides is 1. The number of nitrogens with one attached hydrogen (secondary N) is 1. The van der Waals surface area contributed by atoms with E-state index in [1.165, 1.54) is 28.2 Å². The highest BCUT2D eigenvalue weighted by atomic mass is 35.5. The van der Waals surface area contributed by atoms with Crippen molar-refractivity contribution in [2.45, 2.75) is 43.4 Å². The zero-order valence-electron chi connectivity index (χ0n) is 18.9. The van der Waals surface area contributed by atoms with Crippen LogP contribution in [0.15, 0.2) is 64.4 Å². The third-order valence-corrected chi connectivity index (χ3v) is 7.61. The molecule has 2 aromatic carbocycles. The molecule has 1 amide bonds. The fourth-order valence-electron chi connectivity index (χ4n) is 3.71. The number of halogens is 1. The Hall–Kier alpha value is -3.12. The Bertz CT molecular complexity index is 1370. The Morgan fingerprint density at radius 2 is 1.86 bits per heavy atom. The average Bonchev–Trinajstić information content (AvgIpc) is 3.09. The van der Waals surface area contributed by atoms with Gasteiger partial charge in [0.1, 0.15) is 0 Å². The van der Waals surface area contributed by atoms with Crippen LogP contribution in [0.25, 0.3) is 11.1 Å². The number of nitrogens with zero attached hydrogens (tertiary/aromatic N) is 2. The summed E-state index contributed by atoms with van der Waals surface area (Å²) >= 11 is 6.06. The summed E-state index contributed by atoms with van der Waals surface area (Å²) in [7, 11) is -4.44. The number of carbonyl (C=O) groups excluding carboxylic acids is 1. The van der Waals surface area contributed by atoms with E-state index >= 15 is 0 Å². The van der Waals surface area contributed by atoms with E-state index in [9.17, 15) is 33.4 Å². The van der Waals surface area contributed by atoms with Gasteiger partial charge in [0.25, 0.3) is 5.91 Å². The van der Waals surface area contributed by atoms with E-state index in [4.69, 9.17) is 11.6 Å². The number of hydrogen-bond donors (Lipinski definition) is 4. The maximum absolute atomic E-state index is 13.5. The number of aryl methyl sites for hydroxylation is 1. The molecule has 0 aliphatic rings. The Morgan fingerprint density at radius 3 is 2.49 bits per heavy atom. The number of aromatic hydroxyl groups is 1. The maximum Gasteiger partial charge on any atom is 0.331 e. The molecule has 1 atom stereocenters. The van der Waals surface area contributed by atoms with E-state index in [2.05, 4.69) is 0 Å². The van der Waals surface area contributed by atoms with Crippen LogP contribution in [0.5, 0.6) is 5.88 Å². The third kappa shape index (κ3) is 5.76. The summed E-state index contributed by atoms with van der Waals surface area (Å²) in [5, 5.41) is 30.7. The number of hydroxylamine groups is 1. The Balaban J connectivity index is 2.06. The molecule has 0 aliphatic heterocycles. The van der Waals surface area contributed by atoms with Crippen LogP contribution in [0, 0.1) is 0 Å². The van der Waals surface area contributed by atoms with Crippen molar-refractivity contribution in [1.29, 1.82) is 0 Å². The van der Waals surface area contributed by atoms with E-state index in [1.54, 1.807) is 30.3 Å². The number of imidazole rings is 1. The summed E-state index contributed by atoms with van der Waals surface area (Å²) in [6.07, 6.45) is 2.54. The lowest BCUT2D eigenvalue weighted by molar-refractivity contribution is -0.148. The second-order valence-electron chi connectivity index (χ2n) is 8.14. The zero-order valence-corrected chi connectivity index (χ0v) is 20.5. The van der Waals surface area contributed by atoms with Gasteiger partial charge in [0, 0.05) is 17.1 Å². The summed E-state index contributed by atoms with van der Waals surface area (Å²) < 4.78 is 28.8. The number of carbonyl (C=O) groups is 1.